The summed E-state index contributed by atoms with van der Waals surface area (Å²) in [6.07, 6.45) is 3.20. The lowest BCUT2D eigenvalue weighted by Gasteiger charge is -2.09. The Bertz CT molecular complexity index is 928. The maximum Gasteiger partial charge on any atom is 0.251 e. The molecule has 1 amide bonds. The summed E-state index contributed by atoms with van der Waals surface area (Å²) < 4.78 is 13.3. The molecule has 0 saturated heterocycles. The fraction of sp³-hybridized carbons (Fsp3) is 0.227. The van der Waals surface area contributed by atoms with Gasteiger partial charge in [0.1, 0.15) is 5.82 Å². The number of rotatable bonds is 8. The molecule has 0 fully saturated rings. The molecular weight excluding hydrogens is 355 g/mol. The van der Waals surface area contributed by atoms with Crippen molar-refractivity contribution in [2.24, 2.45) is 0 Å². The summed E-state index contributed by atoms with van der Waals surface area (Å²) in [4.78, 5) is 12.2. The molecule has 3 aromatic rings. The molecule has 28 heavy (non-hydrogen) atoms. The lowest BCUT2D eigenvalue weighted by molar-refractivity contribution is 0.0953. The van der Waals surface area contributed by atoms with E-state index in [0.717, 1.165) is 24.9 Å². The number of hydrogen-bond acceptors (Lipinski definition) is 4. The number of nitrogens with one attached hydrogen (secondary N) is 2. The first-order chi connectivity index (χ1) is 13.7. The van der Waals surface area contributed by atoms with Gasteiger partial charge in [-0.2, -0.15) is 0 Å². The van der Waals surface area contributed by atoms with Gasteiger partial charge in [-0.15, -0.1) is 10.2 Å². The van der Waals surface area contributed by atoms with Crippen molar-refractivity contribution in [1.82, 2.24) is 15.5 Å². The molecule has 0 saturated carbocycles. The van der Waals surface area contributed by atoms with Crippen LogP contribution < -0.4 is 10.6 Å². The molecule has 5 nitrogen and oxygen atoms in total. The Balaban J connectivity index is 1.64. The first kappa shape index (κ1) is 19.5. The van der Waals surface area contributed by atoms with Gasteiger partial charge in [0.2, 0.25) is 0 Å². The second kappa shape index (κ2) is 9.60. The fourth-order valence-electron chi connectivity index (χ4n) is 2.77. The third kappa shape index (κ3) is 5.36. The third-order valence-electron chi connectivity index (χ3n) is 4.25. The minimum absolute atomic E-state index is 0.0905. The largest absolute Gasteiger partial charge is 0.352 e. The quantitative estimate of drug-likeness (QED) is 0.545. The summed E-state index contributed by atoms with van der Waals surface area (Å²) in [6, 6.07) is 17.0. The monoisotopic (exact) mass is 378 g/mol. The molecule has 0 aliphatic rings. The second-order valence-corrected chi connectivity index (χ2v) is 6.48. The SMILES string of the molecule is CCCCCNC(=O)c1cccc(Nc2ccc(-c3cccc(F)c3)nn2)c1. The van der Waals surface area contributed by atoms with Gasteiger partial charge in [-0.25, -0.2) is 4.39 Å². The second-order valence-electron chi connectivity index (χ2n) is 6.48. The van der Waals surface area contributed by atoms with E-state index in [9.17, 15) is 9.18 Å². The van der Waals surface area contributed by atoms with E-state index in [4.69, 9.17) is 0 Å². The van der Waals surface area contributed by atoms with Gasteiger partial charge in [0.15, 0.2) is 5.82 Å². The summed E-state index contributed by atoms with van der Waals surface area (Å²) >= 11 is 0. The Morgan fingerprint density at radius 2 is 1.86 bits per heavy atom. The van der Waals surface area contributed by atoms with Crippen molar-refractivity contribution < 1.29 is 9.18 Å². The van der Waals surface area contributed by atoms with Gasteiger partial charge in [-0.05, 0) is 48.9 Å². The molecule has 1 aromatic heterocycles. The topological polar surface area (TPSA) is 66.9 Å². The van der Waals surface area contributed by atoms with Gasteiger partial charge in [0, 0.05) is 23.4 Å². The number of carbonyl (C=O) groups excluding carboxylic acids is 1. The zero-order valence-corrected chi connectivity index (χ0v) is 15.8. The van der Waals surface area contributed by atoms with Crippen LogP contribution in [0.15, 0.2) is 60.7 Å². The number of benzene rings is 2. The molecule has 1 heterocycles. The highest BCUT2D eigenvalue weighted by Crippen LogP contribution is 2.20. The van der Waals surface area contributed by atoms with E-state index in [1.807, 2.05) is 12.1 Å². The zero-order chi connectivity index (χ0) is 19.8. The number of aromatic nitrogens is 2. The average molecular weight is 378 g/mol. The Morgan fingerprint density at radius 3 is 2.61 bits per heavy atom. The smallest absolute Gasteiger partial charge is 0.251 e. The van der Waals surface area contributed by atoms with Crippen LogP contribution in [0.3, 0.4) is 0 Å². The van der Waals surface area contributed by atoms with Gasteiger partial charge in [-0.1, -0.05) is 38.0 Å². The van der Waals surface area contributed by atoms with Gasteiger partial charge in [0.05, 0.1) is 5.69 Å². The standard InChI is InChI=1S/C22H23FN4O/c1-2-3-4-13-24-22(28)17-8-6-10-19(15-17)25-21-12-11-20(26-27-21)16-7-5-9-18(23)14-16/h5-12,14-15H,2-4,13H2,1H3,(H,24,28)(H,25,27). The maximum atomic E-state index is 13.3. The van der Waals surface area contributed by atoms with E-state index in [0.29, 0.717) is 29.2 Å². The fourth-order valence-corrected chi connectivity index (χ4v) is 2.77. The van der Waals surface area contributed by atoms with Gasteiger partial charge in [-0.3, -0.25) is 4.79 Å². The van der Waals surface area contributed by atoms with Crippen molar-refractivity contribution in [3.8, 4) is 11.3 Å². The maximum absolute atomic E-state index is 13.3. The molecule has 0 unspecified atom stereocenters. The Morgan fingerprint density at radius 1 is 1.00 bits per heavy atom. The highest BCUT2D eigenvalue weighted by molar-refractivity contribution is 5.95. The number of nitrogens with zero attached hydrogens (tertiary/aromatic N) is 2. The molecule has 0 spiro atoms. The van der Waals surface area contributed by atoms with Crippen molar-refractivity contribution in [2.75, 3.05) is 11.9 Å². The van der Waals surface area contributed by atoms with E-state index < -0.39 is 0 Å². The molecule has 0 aliphatic heterocycles. The summed E-state index contributed by atoms with van der Waals surface area (Å²) in [5.74, 6) is 0.138. The average Bonchev–Trinajstić information content (AvgIpc) is 2.72. The normalized spacial score (nSPS) is 10.5. The molecule has 3 rings (SSSR count). The number of amides is 1. The number of anilines is 2. The van der Waals surface area contributed by atoms with Crippen molar-refractivity contribution in [3.63, 3.8) is 0 Å². The van der Waals surface area contributed by atoms with E-state index in [1.54, 1.807) is 36.4 Å². The Labute approximate surface area is 164 Å². The highest BCUT2D eigenvalue weighted by Gasteiger charge is 2.07. The van der Waals surface area contributed by atoms with Crippen LogP contribution in [0.5, 0.6) is 0 Å². The summed E-state index contributed by atoms with van der Waals surface area (Å²) in [5.41, 5.74) is 2.59. The predicted molar refractivity (Wildman–Crippen MR) is 109 cm³/mol. The van der Waals surface area contributed by atoms with E-state index >= 15 is 0 Å². The molecule has 0 atom stereocenters. The van der Waals surface area contributed by atoms with Gasteiger partial charge >= 0.3 is 0 Å². The molecule has 0 radical (unpaired) electrons. The van der Waals surface area contributed by atoms with Gasteiger partial charge in [0.25, 0.3) is 5.91 Å². The van der Waals surface area contributed by atoms with Crippen LogP contribution in [-0.4, -0.2) is 22.6 Å². The molecule has 0 aliphatic carbocycles. The van der Waals surface area contributed by atoms with Crippen LogP contribution in [0.4, 0.5) is 15.9 Å². The van der Waals surface area contributed by atoms with Crippen LogP contribution in [0.1, 0.15) is 36.5 Å². The summed E-state index contributed by atoms with van der Waals surface area (Å²) in [5, 5.41) is 14.4. The number of unbranched alkanes of at least 4 members (excludes halogenated alkanes) is 2. The lowest BCUT2D eigenvalue weighted by Crippen LogP contribution is -2.24. The molecular formula is C22H23FN4O. The molecule has 6 heteroatoms. The number of hydrogen-bond donors (Lipinski definition) is 2. The third-order valence-corrected chi connectivity index (χ3v) is 4.25. The Kier molecular flexibility index (Phi) is 6.68. The van der Waals surface area contributed by atoms with Crippen LogP contribution in [0, 0.1) is 5.82 Å². The van der Waals surface area contributed by atoms with Crippen LogP contribution in [-0.2, 0) is 0 Å². The molecule has 2 aromatic carbocycles. The first-order valence-corrected chi connectivity index (χ1v) is 9.40. The molecule has 2 N–H and O–H groups in total. The predicted octanol–water partition coefficient (Wildman–Crippen LogP) is 4.95. The highest BCUT2D eigenvalue weighted by atomic mass is 19.1. The molecule has 0 bridgehead atoms. The van der Waals surface area contributed by atoms with Crippen LogP contribution in [0.25, 0.3) is 11.3 Å². The van der Waals surface area contributed by atoms with E-state index in [-0.39, 0.29) is 11.7 Å². The number of halogens is 1. The summed E-state index contributed by atoms with van der Waals surface area (Å²) in [6.45, 7) is 2.81. The van der Waals surface area contributed by atoms with Crippen LogP contribution >= 0.6 is 0 Å². The lowest BCUT2D eigenvalue weighted by atomic mass is 10.1. The number of carbonyl (C=O) groups is 1. The Hall–Kier alpha value is -3.28. The van der Waals surface area contributed by atoms with Crippen molar-refractivity contribution in [3.05, 3.63) is 72.0 Å². The van der Waals surface area contributed by atoms with Crippen molar-refractivity contribution >= 4 is 17.4 Å². The van der Waals surface area contributed by atoms with Crippen molar-refractivity contribution in [1.29, 1.82) is 0 Å². The van der Waals surface area contributed by atoms with Gasteiger partial charge < -0.3 is 10.6 Å². The zero-order valence-electron chi connectivity index (χ0n) is 15.8. The minimum Gasteiger partial charge on any atom is -0.352 e. The summed E-state index contributed by atoms with van der Waals surface area (Å²) in [7, 11) is 0. The van der Waals surface area contributed by atoms with Crippen molar-refractivity contribution in [2.45, 2.75) is 26.2 Å². The first-order valence-electron chi connectivity index (χ1n) is 9.40. The van der Waals surface area contributed by atoms with Crippen LogP contribution in [0.2, 0.25) is 0 Å². The minimum atomic E-state index is -0.314. The van der Waals surface area contributed by atoms with E-state index in [2.05, 4.69) is 27.8 Å². The molecule has 144 valence electrons. The van der Waals surface area contributed by atoms with E-state index in [1.165, 1.54) is 12.1 Å².